The highest BCUT2D eigenvalue weighted by Gasteiger charge is 2.34. The van der Waals surface area contributed by atoms with Gasteiger partial charge in [-0.05, 0) is 23.8 Å². The zero-order valence-corrected chi connectivity index (χ0v) is 12.8. The van der Waals surface area contributed by atoms with Crippen molar-refractivity contribution in [2.45, 2.75) is 24.9 Å². The van der Waals surface area contributed by atoms with Crippen molar-refractivity contribution in [2.24, 2.45) is 0 Å². The Labute approximate surface area is 139 Å². The van der Waals surface area contributed by atoms with Crippen molar-refractivity contribution in [1.82, 2.24) is 0 Å². The van der Waals surface area contributed by atoms with Crippen LogP contribution in [0.5, 0.6) is 5.75 Å². The molecular formula is C19H14N2O3. The van der Waals surface area contributed by atoms with Gasteiger partial charge in [-0.3, -0.25) is 0 Å². The molecule has 0 spiro atoms. The molecule has 2 heterocycles. The number of para-hydroxylation sites is 1. The number of hydrogen-bond donors (Lipinski definition) is 0. The topological polar surface area (TPSA) is 87.0 Å². The number of aldehydes is 1. The van der Waals surface area contributed by atoms with E-state index in [9.17, 15) is 15.3 Å². The summed E-state index contributed by atoms with van der Waals surface area (Å²) in [5, 5.41) is 18.5. The van der Waals surface area contributed by atoms with E-state index >= 15 is 0 Å². The number of carbonyl (C=O) groups excluding carboxylic acids is 1. The molecule has 2 atom stereocenters. The Balaban J connectivity index is 2.07. The Hall–Kier alpha value is -3.31. The molecule has 0 saturated heterocycles. The Morgan fingerprint density at radius 1 is 1.25 bits per heavy atom. The third-order valence-corrected chi connectivity index (χ3v) is 4.13. The van der Waals surface area contributed by atoms with Gasteiger partial charge in [-0.2, -0.15) is 10.5 Å². The van der Waals surface area contributed by atoms with Crippen molar-refractivity contribution in [1.29, 1.82) is 10.5 Å². The van der Waals surface area contributed by atoms with E-state index in [1.165, 1.54) is 0 Å². The number of fused-ring (bicyclic) bond motifs is 1. The molecule has 0 aliphatic carbocycles. The standard InChI is InChI=1S/C19H14N2O3/c20-11-13(12-21)16-10-19(24-18-5-2-1-4-14(16)18)15(7-8-22)17-6-3-9-23-17/h1-6,8-9,15,19H,7,10H2/t15-,19?/m0/s1. The van der Waals surface area contributed by atoms with Gasteiger partial charge in [-0.15, -0.1) is 0 Å². The number of nitriles is 2. The van der Waals surface area contributed by atoms with Gasteiger partial charge >= 0.3 is 0 Å². The highest BCUT2D eigenvalue weighted by Crippen LogP contribution is 2.42. The summed E-state index contributed by atoms with van der Waals surface area (Å²) in [4.78, 5) is 11.1. The van der Waals surface area contributed by atoms with E-state index < -0.39 is 0 Å². The van der Waals surface area contributed by atoms with Crippen LogP contribution in [0, 0.1) is 22.7 Å². The van der Waals surface area contributed by atoms with E-state index in [1.807, 2.05) is 30.3 Å². The molecule has 2 aromatic rings. The Bertz CT molecular complexity index is 837. The summed E-state index contributed by atoms with van der Waals surface area (Å²) in [5.41, 5.74) is 1.46. The van der Waals surface area contributed by atoms with Crippen LogP contribution in [0.3, 0.4) is 0 Å². The maximum absolute atomic E-state index is 11.1. The normalized spacial score (nSPS) is 16.9. The minimum absolute atomic E-state index is 0.0695. The predicted molar refractivity (Wildman–Crippen MR) is 85.8 cm³/mol. The lowest BCUT2D eigenvalue weighted by Crippen LogP contribution is -2.29. The van der Waals surface area contributed by atoms with Crippen LogP contribution in [-0.2, 0) is 4.79 Å². The Morgan fingerprint density at radius 2 is 2.04 bits per heavy atom. The molecule has 1 aromatic carbocycles. The number of furan rings is 1. The van der Waals surface area contributed by atoms with Crippen LogP contribution in [0.4, 0.5) is 0 Å². The van der Waals surface area contributed by atoms with Crippen LogP contribution in [0.2, 0.25) is 0 Å². The van der Waals surface area contributed by atoms with Gasteiger partial charge < -0.3 is 13.9 Å². The monoisotopic (exact) mass is 318 g/mol. The second-order valence-electron chi connectivity index (χ2n) is 5.46. The SMILES string of the molecule is N#CC(C#N)=C1CC([C@@H](CC=O)c2ccco2)Oc2ccccc21. The largest absolute Gasteiger partial charge is 0.489 e. The molecule has 0 saturated carbocycles. The molecule has 5 nitrogen and oxygen atoms in total. The number of ether oxygens (including phenoxy) is 1. The van der Waals surface area contributed by atoms with Crippen LogP contribution >= 0.6 is 0 Å². The molecule has 0 fully saturated rings. The van der Waals surface area contributed by atoms with Crippen molar-refractivity contribution in [3.05, 3.63) is 59.6 Å². The zero-order chi connectivity index (χ0) is 16.9. The van der Waals surface area contributed by atoms with Gasteiger partial charge in [0, 0.05) is 18.4 Å². The molecule has 24 heavy (non-hydrogen) atoms. The predicted octanol–water partition coefficient (Wildman–Crippen LogP) is 3.60. The Kier molecular flexibility index (Phi) is 4.45. The van der Waals surface area contributed by atoms with Gasteiger partial charge in [0.2, 0.25) is 0 Å². The average molecular weight is 318 g/mol. The molecule has 1 unspecified atom stereocenters. The summed E-state index contributed by atoms with van der Waals surface area (Å²) >= 11 is 0. The van der Waals surface area contributed by atoms with E-state index in [2.05, 4.69) is 0 Å². The van der Waals surface area contributed by atoms with Crippen molar-refractivity contribution >= 4 is 11.9 Å². The third kappa shape index (κ3) is 2.80. The number of benzene rings is 1. The molecule has 1 aliphatic heterocycles. The molecule has 5 heteroatoms. The van der Waals surface area contributed by atoms with E-state index in [0.29, 0.717) is 23.5 Å². The third-order valence-electron chi connectivity index (χ3n) is 4.13. The summed E-state index contributed by atoms with van der Waals surface area (Å²) < 4.78 is 11.5. The molecule has 118 valence electrons. The van der Waals surface area contributed by atoms with Gasteiger partial charge in [0.15, 0.2) is 0 Å². The lowest BCUT2D eigenvalue weighted by molar-refractivity contribution is -0.108. The molecule has 0 amide bonds. The molecule has 3 rings (SSSR count). The first-order valence-corrected chi connectivity index (χ1v) is 7.55. The van der Waals surface area contributed by atoms with Crippen molar-refractivity contribution < 1.29 is 13.9 Å². The fourth-order valence-corrected chi connectivity index (χ4v) is 3.01. The quantitative estimate of drug-likeness (QED) is 0.635. The van der Waals surface area contributed by atoms with Crippen molar-refractivity contribution in [3.63, 3.8) is 0 Å². The van der Waals surface area contributed by atoms with Crippen molar-refractivity contribution in [3.8, 4) is 17.9 Å². The van der Waals surface area contributed by atoms with Crippen LogP contribution in [-0.4, -0.2) is 12.4 Å². The van der Waals surface area contributed by atoms with Gasteiger partial charge in [-0.1, -0.05) is 18.2 Å². The minimum atomic E-state index is -0.386. The summed E-state index contributed by atoms with van der Waals surface area (Å²) in [6, 6.07) is 14.8. The minimum Gasteiger partial charge on any atom is -0.489 e. The number of rotatable bonds is 4. The second kappa shape index (κ2) is 6.85. The number of carbonyl (C=O) groups is 1. The first-order valence-electron chi connectivity index (χ1n) is 7.55. The van der Waals surface area contributed by atoms with Crippen LogP contribution in [0.25, 0.3) is 5.57 Å². The van der Waals surface area contributed by atoms with E-state index in [-0.39, 0.29) is 24.0 Å². The summed E-state index contributed by atoms with van der Waals surface area (Å²) in [5.74, 6) is 0.981. The first-order chi connectivity index (χ1) is 11.8. The summed E-state index contributed by atoms with van der Waals surface area (Å²) in [6.07, 6.45) is 2.60. The van der Waals surface area contributed by atoms with Gasteiger partial charge in [0.25, 0.3) is 0 Å². The summed E-state index contributed by atoms with van der Waals surface area (Å²) in [6.45, 7) is 0. The maximum atomic E-state index is 11.1. The molecular weight excluding hydrogens is 304 g/mol. The smallest absolute Gasteiger partial charge is 0.133 e. The molecule has 0 radical (unpaired) electrons. The number of hydrogen-bond acceptors (Lipinski definition) is 5. The van der Waals surface area contributed by atoms with E-state index in [1.54, 1.807) is 24.5 Å². The number of nitrogens with zero attached hydrogens (tertiary/aromatic N) is 2. The summed E-state index contributed by atoms with van der Waals surface area (Å²) in [7, 11) is 0. The lowest BCUT2D eigenvalue weighted by Gasteiger charge is -2.32. The van der Waals surface area contributed by atoms with Gasteiger partial charge in [-0.25, -0.2) is 0 Å². The Morgan fingerprint density at radius 3 is 2.71 bits per heavy atom. The highest BCUT2D eigenvalue weighted by atomic mass is 16.5. The van der Waals surface area contributed by atoms with E-state index in [4.69, 9.17) is 9.15 Å². The second-order valence-corrected chi connectivity index (χ2v) is 5.46. The van der Waals surface area contributed by atoms with Crippen molar-refractivity contribution in [2.75, 3.05) is 0 Å². The molecule has 1 aromatic heterocycles. The highest BCUT2D eigenvalue weighted by molar-refractivity contribution is 5.80. The fraction of sp³-hybridized carbons (Fsp3) is 0.211. The van der Waals surface area contributed by atoms with Gasteiger partial charge in [0.05, 0.1) is 12.2 Å². The van der Waals surface area contributed by atoms with Crippen LogP contribution < -0.4 is 4.74 Å². The van der Waals surface area contributed by atoms with Crippen LogP contribution in [0.1, 0.15) is 30.1 Å². The lowest BCUT2D eigenvalue weighted by atomic mass is 9.85. The maximum Gasteiger partial charge on any atom is 0.133 e. The molecule has 0 N–H and O–H groups in total. The molecule has 0 bridgehead atoms. The fourth-order valence-electron chi connectivity index (χ4n) is 3.01. The van der Waals surface area contributed by atoms with Gasteiger partial charge in [0.1, 0.15) is 41.6 Å². The van der Waals surface area contributed by atoms with Crippen LogP contribution in [0.15, 0.2) is 52.7 Å². The van der Waals surface area contributed by atoms with E-state index in [0.717, 1.165) is 11.8 Å². The zero-order valence-electron chi connectivity index (χ0n) is 12.8. The molecule has 1 aliphatic rings. The number of allylic oxidation sites excluding steroid dienone is 1. The average Bonchev–Trinajstić information content (AvgIpc) is 3.14. The first kappa shape index (κ1) is 15.6.